The lowest BCUT2D eigenvalue weighted by Gasteiger charge is -2.27. The van der Waals surface area contributed by atoms with Crippen molar-refractivity contribution in [3.05, 3.63) is 44.8 Å². The molecule has 3 rings (SSSR count). The first-order valence-corrected chi connectivity index (χ1v) is 9.18. The van der Waals surface area contributed by atoms with Crippen molar-refractivity contribution in [2.75, 3.05) is 38.3 Å². The van der Waals surface area contributed by atoms with Crippen LogP contribution in [0.15, 0.2) is 18.2 Å². The molecule has 1 N–H and O–H groups in total. The second kappa shape index (κ2) is 7.96. The van der Waals surface area contributed by atoms with E-state index in [0.717, 1.165) is 16.9 Å². The largest absolute Gasteiger partial charge is 0.496 e. The van der Waals surface area contributed by atoms with E-state index in [2.05, 4.69) is 6.07 Å². The fraction of sp³-hybridized carbons (Fsp3) is 0.333. The average molecular weight is 393 g/mol. The van der Waals surface area contributed by atoms with Crippen LogP contribution < -0.4 is 9.64 Å². The minimum absolute atomic E-state index is 0.181. The molecule has 0 spiro atoms. The summed E-state index contributed by atoms with van der Waals surface area (Å²) in [5.41, 5.74) is 1.70. The van der Waals surface area contributed by atoms with Crippen LogP contribution in [0.4, 0.5) is 5.00 Å². The third-order valence-electron chi connectivity index (χ3n) is 4.21. The molecule has 0 radical (unpaired) electrons. The maximum atomic E-state index is 11.8. The quantitative estimate of drug-likeness (QED) is 0.839. The number of hydrogen-bond donors (Lipinski definition) is 1. The first-order chi connectivity index (χ1) is 12.5. The van der Waals surface area contributed by atoms with Crippen molar-refractivity contribution in [1.29, 1.82) is 5.26 Å². The summed E-state index contributed by atoms with van der Waals surface area (Å²) in [5, 5.41) is 20.6. The Labute approximate surface area is 160 Å². The second-order valence-corrected chi connectivity index (χ2v) is 7.17. The molecule has 0 saturated carbocycles. The summed E-state index contributed by atoms with van der Waals surface area (Å²) in [4.78, 5) is 14.0. The van der Waals surface area contributed by atoms with Crippen LogP contribution in [0.2, 0.25) is 5.02 Å². The molecule has 1 aromatic heterocycles. The molecule has 1 saturated heterocycles. The third-order valence-corrected chi connectivity index (χ3v) is 5.73. The summed E-state index contributed by atoms with van der Waals surface area (Å²) >= 11 is 7.14. The fourth-order valence-corrected chi connectivity index (χ4v) is 4.28. The molecule has 26 heavy (non-hydrogen) atoms. The van der Waals surface area contributed by atoms with E-state index in [9.17, 15) is 15.2 Å². The first kappa shape index (κ1) is 18.5. The number of nitrogens with zero attached hydrogens (tertiary/aromatic N) is 2. The van der Waals surface area contributed by atoms with Gasteiger partial charge in [0, 0.05) is 30.1 Å². The number of thiophene rings is 1. The second-order valence-electron chi connectivity index (χ2n) is 5.74. The van der Waals surface area contributed by atoms with Gasteiger partial charge < -0.3 is 19.5 Å². The van der Waals surface area contributed by atoms with Crippen molar-refractivity contribution >= 4 is 33.9 Å². The van der Waals surface area contributed by atoms with Crippen LogP contribution in [0.5, 0.6) is 5.75 Å². The van der Waals surface area contributed by atoms with Crippen LogP contribution >= 0.6 is 22.9 Å². The smallest absolute Gasteiger partial charge is 0.346 e. The Hall–Kier alpha value is -2.27. The molecule has 1 fully saturated rings. The summed E-state index contributed by atoms with van der Waals surface area (Å²) in [6.07, 6.45) is 0.283. The van der Waals surface area contributed by atoms with Crippen LogP contribution in [0, 0.1) is 11.3 Å². The minimum Gasteiger partial charge on any atom is -0.496 e. The van der Waals surface area contributed by atoms with Crippen LogP contribution in [0.25, 0.3) is 0 Å². The van der Waals surface area contributed by atoms with Crippen LogP contribution in [0.1, 0.15) is 26.4 Å². The Kier molecular flexibility index (Phi) is 5.67. The van der Waals surface area contributed by atoms with Gasteiger partial charge in [-0.2, -0.15) is 5.26 Å². The Morgan fingerprint density at radius 3 is 2.81 bits per heavy atom. The molecule has 6 nitrogen and oxygen atoms in total. The van der Waals surface area contributed by atoms with E-state index in [1.165, 1.54) is 7.11 Å². The summed E-state index contributed by atoms with van der Waals surface area (Å²) < 4.78 is 10.7. The molecule has 0 bridgehead atoms. The number of rotatable bonds is 5. The summed E-state index contributed by atoms with van der Waals surface area (Å²) in [7, 11) is 1.53. The Morgan fingerprint density at radius 1 is 1.46 bits per heavy atom. The van der Waals surface area contributed by atoms with Gasteiger partial charge in [-0.25, -0.2) is 4.79 Å². The highest BCUT2D eigenvalue weighted by atomic mass is 35.5. The normalized spacial score (nSPS) is 14.1. The number of aromatic carboxylic acids is 1. The lowest BCUT2D eigenvalue weighted by Crippen LogP contribution is -2.36. The van der Waals surface area contributed by atoms with Crippen LogP contribution in [-0.4, -0.2) is 44.5 Å². The van der Waals surface area contributed by atoms with Crippen LogP contribution in [-0.2, 0) is 11.2 Å². The molecule has 0 aliphatic carbocycles. The standard InChI is InChI=1S/C18H17ClN2O4S/c1-24-15-9-12(19)3-2-11(15)8-13-14(10-20)17(26-16(13)18(22)23)21-4-6-25-7-5-21/h2-3,9H,4-8H2,1H3,(H,22,23). The van der Waals surface area contributed by atoms with Gasteiger partial charge in [0.15, 0.2) is 0 Å². The van der Waals surface area contributed by atoms with Gasteiger partial charge in [-0.1, -0.05) is 17.7 Å². The molecule has 0 unspecified atom stereocenters. The molecule has 1 aromatic carbocycles. The summed E-state index contributed by atoms with van der Waals surface area (Å²) in [6.45, 7) is 2.40. The van der Waals surface area contributed by atoms with Crippen LogP contribution in [0.3, 0.4) is 0 Å². The number of morpholine rings is 1. The van der Waals surface area contributed by atoms with E-state index in [0.29, 0.717) is 53.2 Å². The third kappa shape index (κ3) is 3.63. The zero-order valence-corrected chi connectivity index (χ0v) is 15.7. The van der Waals surface area contributed by atoms with Crippen molar-refractivity contribution in [2.24, 2.45) is 0 Å². The predicted octanol–water partition coefficient (Wildman–Crippen LogP) is 3.41. The molecule has 0 atom stereocenters. The monoisotopic (exact) mass is 392 g/mol. The van der Waals surface area contributed by atoms with E-state index in [-0.39, 0.29) is 11.3 Å². The van der Waals surface area contributed by atoms with Crippen molar-refractivity contribution in [3.63, 3.8) is 0 Å². The molecular weight excluding hydrogens is 376 g/mol. The lowest BCUT2D eigenvalue weighted by molar-refractivity contribution is 0.0701. The lowest BCUT2D eigenvalue weighted by atomic mass is 10.0. The number of hydrogen-bond acceptors (Lipinski definition) is 6. The highest BCUT2D eigenvalue weighted by Gasteiger charge is 2.27. The average Bonchev–Trinajstić information content (AvgIpc) is 3.02. The van der Waals surface area contributed by atoms with Gasteiger partial charge in [0.2, 0.25) is 0 Å². The summed E-state index contributed by atoms with van der Waals surface area (Å²) in [5.74, 6) is -0.467. The van der Waals surface area contributed by atoms with E-state index < -0.39 is 5.97 Å². The molecule has 1 aliphatic rings. The number of carboxylic acids is 1. The van der Waals surface area contributed by atoms with Crippen molar-refractivity contribution in [2.45, 2.75) is 6.42 Å². The zero-order chi connectivity index (χ0) is 18.7. The minimum atomic E-state index is -1.03. The number of benzene rings is 1. The summed E-state index contributed by atoms with van der Waals surface area (Å²) in [6, 6.07) is 7.40. The maximum Gasteiger partial charge on any atom is 0.346 e. The van der Waals surface area contributed by atoms with Crippen molar-refractivity contribution in [3.8, 4) is 11.8 Å². The van der Waals surface area contributed by atoms with Crippen molar-refractivity contribution in [1.82, 2.24) is 0 Å². The number of halogens is 1. The number of nitriles is 1. The Bertz CT molecular complexity index is 869. The van der Waals surface area contributed by atoms with E-state index >= 15 is 0 Å². The molecule has 1 aliphatic heterocycles. The molecule has 0 amide bonds. The van der Waals surface area contributed by atoms with Gasteiger partial charge in [-0.3, -0.25) is 0 Å². The maximum absolute atomic E-state index is 11.8. The number of carboxylic acid groups (broad SMARTS) is 1. The molecule has 2 aromatic rings. The van der Waals surface area contributed by atoms with Gasteiger partial charge in [-0.15, -0.1) is 11.3 Å². The molecule has 2 heterocycles. The van der Waals surface area contributed by atoms with E-state index in [1.807, 2.05) is 4.90 Å². The van der Waals surface area contributed by atoms with Gasteiger partial charge in [0.1, 0.15) is 21.7 Å². The molecule has 8 heteroatoms. The first-order valence-electron chi connectivity index (χ1n) is 7.99. The predicted molar refractivity (Wildman–Crippen MR) is 99.8 cm³/mol. The fourth-order valence-electron chi connectivity index (χ4n) is 2.95. The number of methoxy groups -OCH3 is 1. The van der Waals surface area contributed by atoms with E-state index in [1.54, 1.807) is 18.2 Å². The van der Waals surface area contributed by atoms with Gasteiger partial charge in [-0.05, 0) is 17.7 Å². The van der Waals surface area contributed by atoms with Gasteiger partial charge in [0.05, 0.1) is 25.9 Å². The number of ether oxygens (including phenoxy) is 2. The SMILES string of the molecule is COc1cc(Cl)ccc1Cc1c(C(=O)O)sc(N2CCOCC2)c1C#N. The number of anilines is 1. The highest BCUT2D eigenvalue weighted by molar-refractivity contribution is 7.18. The number of carbonyl (C=O) groups is 1. The van der Waals surface area contributed by atoms with Gasteiger partial charge in [0.25, 0.3) is 0 Å². The van der Waals surface area contributed by atoms with E-state index in [4.69, 9.17) is 21.1 Å². The molecular formula is C18H17ClN2O4S. The van der Waals surface area contributed by atoms with Crippen molar-refractivity contribution < 1.29 is 19.4 Å². The highest BCUT2D eigenvalue weighted by Crippen LogP contribution is 2.38. The topological polar surface area (TPSA) is 82.8 Å². The van der Waals surface area contributed by atoms with Gasteiger partial charge >= 0.3 is 5.97 Å². The molecule has 136 valence electrons. The zero-order valence-electron chi connectivity index (χ0n) is 14.1. The Morgan fingerprint density at radius 2 is 2.19 bits per heavy atom. The Balaban J connectivity index is 2.07.